The average Bonchev–Trinajstić information content (AvgIpc) is 2.72. The lowest BCUT2D eigenvalue weighted by molar-refractivity contribution is -0.589. The van der Waals surface area contributed by atoms with Crippen molar-refractivity contribution in [1.82, 2.24) is 0 Å². The Labute approximate surface area is 142 Å². The summed E-state index contributed by atoms with van der Waals surface area (Å²) in [4.78, 5) is 0. The van der Waals surface area contributed by atoms with E-state index in [4.69, 9.17) is 4.55 Å². The number of rotatable bonds is 1. The number of halogens is 4. The van der Waals surface area contributed by atoms with E-state index < -0.39 is 22.0 Å². The third-order valence-corrected chi connectivity index (χ3v) is 6.53. The van der Waals surface area contributed by atoms with Gasteiger partial charge in [0.2, 0.25) is 7.14 Å². The van der Waals surface area contributed by atoms with Crippen LogP contribution in [-0.4, -0.2) is 24.9 Å². The molecule has 0 atom stereocenters. The van der Waals surface area contributed by atoms with Crippen LogP contribution in [0.5, 0.6) is 0 Å². The van der Waals surface area contributed by atoms with Crippen LogP contribution in [0.25, 0.3) is 11.1 Å². The number of alkyl halides is 3. The second-order valence-electron chi connectivity index (χ2n) is 4.90. The Kier molecular flexibility index (Phi) is 5.37. The number of aryl methyl sites for hydroxylation is 1. The first-order valence-corrected chi connectivity index (χ1v) is 10.2. The fourth-order valence-corrected chi connectivity index (χ4v) is 5.59. The zero-order valence-electron chi connectivity index (χ0n) is 11.9. The van der Waals surface area contributed by atoms with E-state index >= 15 is 0 Å². The van der Waals surface area contributed by atoms with Gasteiger partial charge in [0.25, 0.3) is 10.1 Å². The summed E-state index contributed by atoms with van der Waals surface area (Å²) in [5.74, 6) is -2.18. The van der Waals surface area contributed by atoms with Gasteiger partial charge in [-0.15, -0.1) is 0 Å². The molecular formula is C15H13F3IO3S+. The normalized spacial score (nSPS) is 12.9. The van der Waals surface area contributed by atoms with Gasteiger partial charge >= 0.3 is 27.4 Å². The molecule has 2 aromatic carbocycles. The molecule has 0 bridgehead atoms. The molecule has 0 aromatic heterocycles. The Morgan fingerprint density at radius 3 is 2.22 bits per heavy atom. The van der Waals surface area contributed by atoms with Gasteiger partial charge in [0.15, 0.2) is 5.75 Å². The molecule has 0 aliphatic carbocycles. The van der Waals surface area contributed by atoms with Gasteiger partial charge in [0.05, 0.1) is 0 Å². The minimum atomic E-state index is -4.91. The van der Waals surface area contributed by atoms with Crippen molar-refractivity contribution in [1.29, 1.82) is 0 Å². The molecule has 1 heterocycles. The van der Waals surface area contributed by atoms with Crippen LogP contribution in [0.2, 0.25) is 0 Å². The Morgan fingerprint density at radius 1 is 1.04 bits per heavy atom. The van der Waals surface area contributed by atoms with E-state index in [0.29, 0.717) is 0 Å². The van der Waals surface area contributed by atoms with Gasteiger partial charge in [-0.05, 0) is 36.8 Å². The van der Waals surface area contributed by atoms with Crippen molar-refractivity contribution in [2.24, 2.45) is 0 Å². The second kappa shape index (κ2) is 6.78. The van der Waals surface area contributed by atoms with Crippen LogP contribution in [0.4, 0.5) is 13.2 Å². The number of benzene rings is 2. The summed E-state index contributed by atoms with van der Waals surface area (Å²) in [7, 11) is -4.91. The Hall–Kier alpha value is -1.13. The zero-order valence-corrected chi connectivity index (χ0v) is 14.9. The van der Waals surface area contributed by atoms with E-state index in [1.807, 2.05) is 0 Å². The van der Waals surface area contributed by atoms with E-state index in [1.165, 1.54) is 16.7 Å². The van der Waals surface area contributed by atoms with Crippen LogP contribution in [0.3, 0.4) is 0 Å². The number of hydrogen-bond acceptors (Lipinski definition) is 2. The standard InChI is InChI=1S/C13H10I.C2H3F3O3S/c1-9-6-7-11-10-4-2-3-5-12(10)14-13(11)8-9;3-2(4,5)1-9(6,7)8/h2-8H,1H3;1H2,(H,6,7,8)/q+1;. The molecule has 3 rings (SSSR count). The minimum absolute atomic E-state index is 0.0860. The van der Waals surface area contributed by atoms with Gasteiger partial charge in [-0.25, -0.2) is 0 Å². The largest absolute Gasteiger partial charge is 0.405 e. The van der Waals surface area contributed by atoms with Crippen LogP contribution in [0.15, 0.2) is 42.5 Å². The summed E-state index contributed by atoms with van der Waals surface area (Å²) in [5.41, 5.74) is 4.32. The summed E-state index contributed by atoms with van der Waals surface area (Å²) >= 11 is 0.0860. The Balaban J connectivity index is 0.000000188. The van der Waals surface area contributed by atoms with Crippen molar-refractivity contribution in [3.63, 3.8) is 0 Å². The quantitative estimate of drug-likeness (QED) is 0.429. The molecule has 0 amide bonds. The predicted octanol–water partition coefficient (Wildman–Crippen LogP) is 0.540. The first kappa shape index (κ1) is 18.2. The molecule has 0 unspecified atom stereocenters. The van der Waals surface area contributed by atoms with Crippen molar-refractivity contribution >= 4 is 10.1 Å². The number of fused-ring (bicyclic) bond motifs is 3. The van der Waals surface area contributed by atoms with Crippen LogP contribution >= 0.6 is 0 Å². The van der Waals surface area contributed by atoms with E-state index in [9.17, 15) is 21.6 Å². The van der Waals surface area contributed by atoms with Crippen molar-refractivity contribution in [2.75, 3.05) is 5.75 Å². The van der Waals surface area contributed by atoms with Gasteiger partial charge in [0, 0.05) is 11.1 Å². The highest BCUT2D eigenvalue weighted by molar-refractivity contribution is 7.85. The highest BCUT2D eigenvalue weighted by Gasteiger charge is 2.34. The smallest absolute Gasteiger partial charge is 0.285 e. The highest BCUT2D eigenvalue weighted by Crippen LogP contribution is 2.22. The van der Waals surface area contributed by atoms with Gasteiger partial charge in [-0.1, -0.05) is 18.2 Å². The van der Waals surface area contributed by atoms with E-state index in [-0.39, 0.29) is 21.2 Å². The molecule has 0 saturated heterocycles. The van der Waals surface area contributed by atoms with Crippen LogP contribution in [-0.2, 0) is 10.1 Å². The first-order valence-electron chi connectivity index (χ1n) is 6.42. The fraction of sp³-hybridized carbons (Fsp3) is 0.200. The van der Waals surface area contributed by atoms with Gasteiger partial charge in [-0.2, -0.15) is 21.6 Å². The first-order chi connectivity index (χ1) is 10.6. The maximum atomic E-state index is 11.0. The lowest BCUT2D eigenvalue weighted by Gasteiger charge is -2.00. The molecule has 0 fully saturated rings. The Bertz CT molecular complexity index is 817. The molecule has 8 heteroatoms. The zero-order chi connectivity index (χ0) is 17.3. The van der Waals surface area contributed by atoms with Gasteiger partial charge < -0.3 is 0 Å². The van der Waals surface area contributed by atoms with Crippen LogP contribution in [0.1, 0.15) is 5.56 Å². The molecule has 0 spiro atoms. The molecule has 124 valence electrons. The van der Waals surface area contributed by atoms with E-state index in [2.05, 4.69) is 49.4 Å². The third kappa shape index (κ3) is 5.47. The van der Waals surface area contributed by atoms with E-state index in [1.54, 1.807) is 7.14 Å². The lowest BCUT2D eigenvalue weighted by atomic mass is 10.0. The Morgan fingerprint density at radius 2 is 1.65 bits per heavy atom. The fourth-order valence-electron chi connectivity index (χ4n) is 2.00. The molecule has 23 heavy (non-hydrogen) atoms. The lowest BCUT2D eigenvalue weighted by Crippen LogP contribution is -3.61. The highest BCUT2D eigenvalue weighted by atomic mass is 127. The van der Waals surface area contributed by atoms with Crippen molar-refractivity contribution in [3.8, 4) is 11.1 Å². The predicted molar refractivity (Wildman–Crippen MR) is 76.5 cm³/mol. The minimum Gasteiger partial charge on any atom is -0.285 e. The van der Waals surface area contributed by atoms with Gasteiger partial charge in [-0.3, -0.25) is 4.55 Å². The van der Waals surface area contributed by atoms with E-state index in [0.717, 1.165) is 0 Å². The maximum Gasteiger partial charge on any atom is 0.405 e. The average molecular weight is 457 g/mol. The second-order valence-corrected chi connectivity index (χ2v) is 9.22. The summed E-state index contributed by atoms with van der Waals surface area (Å²) < 4.78 is 62.8. The monoisotopic (exact) mass is 457 g/mol. The SMILES string of the molecule is Cc1ccc2c(c1)[I+]c1ccccc1-2.O=S(=O)(O)CC(F)(F)F. The molecule has 3 nitrogen and oxygen atoms in total. The van der Waals surface area contributed by atoms with Crippen molar-refractivity contribution in [2.45, 2.75) is 13.1 Å². The van der Waals surface area contributed by atoms with Crippen molar-refractivity contribution < 1.29 is 47.3 Å². The van der Waals surface area contributed by atoms with Crippen molar-refractivity contribution in [3.05, 3.63) is 55.2 Å². The maximum absolute atomic E-state index is 11.0. The van der Waals surface area contributed by atoms with Gasteiger partial charge in [0.1, 0.15) is 0 Å². The number of hydrogen-bond donors (Lipinski definition) is 1. The summed E-state index contributed by atoms with van der Waals surface area (Å²) in [5, 5.41) is 0. The third-order valence-electron chi connectivity index (χ3n) is 2.84. The van der Waals surface area contributed by atoms with Crippen LogP contribution in [0, 0.1) is 14.1 Å². The molecule has 1 N–H and O–H groups in total. The molecule has 1 aliphatic rings. The topological polar surface area (TPSA) is 54.4 Å². The summed E-state index contributed by atoms with van der Waals surface area (Å²) in [6.45, 7) is 2.17. The molecule has 2 aromatic rings. The molecule has 1 aliphatic heterocycles. The molecular weight excluding hydrogens is 444 g/mol. The molecule has 0 radical (unpaired) electrons. The summed E-state index contributed by atoms with van der Waals surface area (Å²) in [6.07, 6.45) is -4.85. The summed E-state index contributed by atoms with van der Waals surface area (Å²) in [6, 6.07) is 15.6. The van der Waals surface area contributed by atoms with Crippen LogP contribution < -0.4 is 21.2 Å². The molecule has 0 saturated carbocycles.